The van der Waals surface area contributed by atoms with Crippen molar-refractivity contribution in [1.29, 1.82) is 0 Å². The molecule has 18 heavy (non-hydrogen) atoms. The van der Waals surface area contributed by atoms with E-state index in [1.165, 1.54) is 4.88 Å². The summed E-state index contributed by atoms with van der Waals surface area (Å²) in [6.07, 6.45) is 0. The Kier molecular flexibility index (Phi) is 4.37. The number of hydrogen-bond donors (Lipinski definition) is 1. The Labute approximate surface area is 119 Å². The minimum Gasteiger partial charge on any atom is -0.485 e. The van der Waals surface area contributed by atoms with Crippen molar-refractivity contribution >= 4 is 27.3 Å². The van der Waals surface area contributed by atoms with Gasteiger partial charge in [0.25, 0.3) is 0 Å². The van der Waals surface area contributed by atoms with E-state index in [4.69, 9.17) is 10.5 Å². The van der Waals surface area contributed by atoms with Crippen molar-refractivity contribution < 1.29 is 4.74 Å². The number of aromatic nitrogens is 1. The lowest BCUT2D eigenvalue weighted by Gasteiger charge is -2.10. The molecule has 2 aromatic rings. The van der Waals surface area contributed by atoms with E-state index in [9.17, 15) is 0 Å². The van der Waals surface area contributed by atoms with Gasteiger partial charge in [0.2, 0.25) is 0 Å². The van der Waals surface area contributed by atoms with E-state index in [2.05, 4.69) is 27.8 Å². The third kappa shape index (κ3) is 2.91. The molecule has 1 aromatic carbocycles. The van der Waals surface area contributed by atoms with Crippen LogP contribution in [-0.4, -0.2) is 4.98 Å². The van der Waals surface area contributed by atoms with Gasteiger partial charge in [-0.15, -0.1) is 11.3 Å². The van der Waals surface area contributed by atoms with Crippen molar-refractivity contribution in [2.75, 3.05) is 0 Å². The van der Waals surface area contributed by atoms with E-state index in [1.807, 2.05) is 25.1 Å². The molecule has 2 rings (SSSR count). The molecule has 0 saturated carbocycles. The fourth-order valence-corrected chi connectivity index (χ4v) is 2.98. The molecule has 1 aromatic heterocycles. The quantitative estimate of drug-likeness (QED) is 0.934. The number of halogens is 1. The van der Waals surface area contributed by atoms with Crippen LogP contribution in [0.4, 0.5) is 0 Å². The molecule has 5 heteroatoms. The molecule has 2 N–H and O–H groups in total. The van der Waals surface area contributed by atoms with E-state index in [1.54, 1.807) is 11.3 Å². The highest BCUT2D eigenvalue weighted by Gasteiger charge is 2.09. The van der Waals surface area contributed by atoms with Crippen LogP contribution in [0.5, 0.6) is 5.75 Å². The van der Waals surface area contributed by atoms with Gasteiger partial charge in [-0.3, -0.25) is 0 Å². The topological polar surface area (TPSA) is 48.1 Å². The summed E-state index contributed by atoms with van der Waals surface area (Å²) in [5.74, 6) is 0.811. The molecule has 0 atom stereocenters. The largest absolute Gasteiger partial charge is 0.485 e. The van der Waals surface area contributed by atoms with Crippen LogP contribution in [0, 0.1) is 13.8 Å². The van der Waals surface area contributed by atoms with Crippen LogP contribution < -0.4 is 10.5 Å². The molecule has 0 unspecified atom stereocenters. The second kappa shape index (κ2) is 5.82. The summed E-state index contributed by atoms with van der Waals surface area (Å²) >= 11 is 5.15. The summed E-state index contributed by atoms with van der Waals surface area (Å²) in [4.78, 5) is 5.69. The minimum absolute atomic E-state index is 0.463. The molecule has 0 aliphatic heterocycles. The van der Waals surface area contributed by atoms with Gasteiger partial charge in [0.15, 0.2) is 0 Å². The molecule has 0 fully saturated rings. The molecule has 96 valence electrons. The van der Waals surface area contributed by atoms with Gasteiger partial charge in [0.1, 0.15) is 17.4 Å². The van der Waals surface area contributed by atoms with Gasteiger partial charge >= 0.3 is 0 Å². The molecule has 0 amide bonds. The summed E-state index contributed by atoms with van der Waals surface area (Å²) in [5.41, 5.74) is 7.77. The Morgan fingerprint density at radius 2 is 2.17 bits per heavy atom. The number of hydrogen-bond acceptors (Lipinski definition) is 4. The fraction of sp³-hybridized carbons (Fsp3) is 0.308. The molecule has 0 radical (unpaired) electrons. The lowest BCUT2D eigenvalue weighted by Crippen LogP contribution is -2.03. The van der Waals surface area contributed by atoms with Crippen LogP contribution in [-0.2, 0) is 13.2 Å². The number of ether oxygens (including phenoxy) is 1. The van der Waals surface area contributed by atoms with Gasteiger partial charge in [0.05, 0.1) is 10.2 Å². The molecule has 0 aliphatic carbocycles. The summed E-state index contributed by atoms with van der Waals surface area (Å²) < 4.78 is 6.76. The summed E-state index contributed by atoms with van der Waals surface area (Å²) in [5, 5.41) is 0.990. The normalized spacial score (nSPS) is 10.7. The van der Waals surface area contributed by atoms with Crippen molar-refractivity contribution in [1.82, 2.24) is 4.98 Å². The van der Waals surface area contributed by atoms with Gasteiger partial charge in [-0.05, 0) is 35.8 Å². The van der Waals surface area contributed by atoms with E-state index >= 15 is 0 Å². The van der Waals surface area contributed by atoms with E-state index < -0.39 is 0 Å². The average molecular weight is 327 g/mol. The van der Waals surface area contributed by atoms with Crippen molar-refractivity contribution in [3.8, 4) is 5.75 Å². The highest BCUT2D eigenvalue weighted by Crippen LogP contribution is 2.30. The number of rotatable bonds is 4. The Bertz CT molecular complexity index is 534. The van der Waals surface area contributed by atoms with Crippen LogP contribution in [0.15, 0.2) is 22.7 Å². The number of thiazole rings is 1. The first-order chi connectivity index (χ1) is 8.61. The van der Waals surface area contributed by atoms with Crippen LogP contribution in [0.2, 0.25) is 0 Å². The number of para-hydroxylation sites is 1. The van der Waals surface area contributed by atoms with Crippen molar-refractivity contribution in [3.63, 3.8) is 0 Å². The Morgan fingerprint density at radius 1 is 1.39 bits per heavy atom. The molecular weight excluding hydrogens is 312 g/mol. The number of benzene rings is 1. The Hall–Kier alpha value is -0.910. The monoisotopic (exact) mass is 326 g/mol. The van der Waals surface area contributed by atoms with Crippen molar-refractivity contribution in [2.24, 2.45) is 5.73 Å². The highest BCUT2D eigenvalue weighted by atomic mass is 79.9. The molecule has 0 bridgehead atoms. The molecule has 0 aliphatic rings. The lowest BCUT2D eigenvalue weighted by atomic mass is 10.2. The first kappa shape index (κ1) is 13.5. The zero-order valence-corrected chi connectivity index (χ0v) is 12.8. The maximum absolute atomic E-state index is 5.83. The molecule has 0 saturated heterocycles. The third-order valence-electron chi connectivity index (χ3n) is 2.68. The van der Waals surface area contributed by atoms with Crippen LogP contribution >= 0.6 is 27.3 Å². The second-order valence-corrected chi connectivity index (χ2v) is 6.11. The Balaban J connectivity index is 2.15. The van der Waals surface area contributed by atoms with Gasteiger partial charge in [0, 0.05) is 17.0 Å². The third-order valence-corrected chi connectivity index (χ3v) is 4.35. The summed E-state index contributed by atoms with van der Waals surface area (Å²) in [7, 11) is 0. The predicted molar refractivity (Wildman–Crippen MR) is 78.0 cm³/mol. The van der Waals surface area contributed by atoms with E-state index in [-0.39, 0.29) is 0 Å². The van der Waals surface area contributed by atoms with Crippen molar-refractivity contribution in [2.45, 2.75) is 27.0 Å². The zero-order chi connectivity index (χ0) is 13.1. The number of aryl methyl sites for hydroxylation is 2. The summed E-state index contributed by atoms with van der Waals surface area (Å²) in [6.45, 7) is 5.03. The van der Waals surface area contributed by atoms with Crippen molar-refractivity contribution in [3.05, 3.63) is 43.8 Å². The second-order valence-electron chi connectivity index (χ2n) is 3.97. The maximum Gasteiger partial charge on any atom is 0.140 e. The molecule has 3 nitrogen and oxygen atoms in total. The molecular formula is C13H15BrN2OS. The predicted octanol–water partition coefficient (Wildman–Crippen LogP) is 3.56. The maximum atomic E-state index is 5.83. The smallest absolute Gasteiger partial charge is 0.140 e. The van der Waals surface area contributed by atoms with Crippen LogP contribution in [0.1, 0.15) is 21.1 Å². The average Bonchev–Trinajstić information content (AvgIpc) is 2.67. The van der Waals surface area contributed by atoms with Gasteiger partial charge < -0.3 is 10.5 Å². The van der Waals surface area contributed by atoms with E-state index in [0.717, 1.165) is 26.5 Å². The lowest BCUT2D eigenvalue weighted by molar-refractivity contribution is 0.300. The van der Waals surface area contributed by atoms with E-state index in [0.29, 0.717) is 13.2 Å². The molecule has 0 spiro atoms. The standard InChI is InChI=1S/C13H15BrN2OS/c1-8-9(2)18-12(16-8)7-17-13-10(6-15)4-3-5-11(13)14/h3-5H,6-7,15H2,1-2H3. The first-order valence-corrected chi connectivity index (χ1v) is 7.26. The van der Waals surface area contributed by atoms with Gasteiger partial charge in [-0.2, -0.15) is 0 Å². The molecule has 1 heterocycles. The first-order valence-electron chi connectivity index (χ1n) is 5.65. The highest BCUT2D eigenvalue weighted by molar-refractivity contribution is 9.10. The van der Waals surface area contributed by atoms with Gasteiger partial charge in [-0.1, -0.05) is 12.1 Å². The minimum atomic E-state index is 0.463. The number of nitrogens with two attached hydrogens (primary N) is 1. The summed E-state index contributed by atoms with van der Waals surface area (Å²) in [6, 6.07) is 5.88. The zero-order valence-electron chi connectivity index (χ0n) is 10.4. The Morgan fingerprint density at radius 3 is 2.78 bits per heavy atom. The number of nitrogens with zero attached hydrogens (tertiary/aromatic N) is 1. The SMILES string of the molecule is Cc1nc(COc2c(Br)cccc2CN)sc1C. The van der Waals surface area contributed by atoms with Gasteiger partial charge in [-0.25, -0.2) is 4.98 Å². The fourth-order valence-electron chi connectivity index (χ4n) is 1.61. The van der Waals surface area contributed by atoms with Crippen LogP contribution in [0.25, 0.3) is 0 Å². The van der Waals surface area contributed by atoms with Crippen LogP contribution in [0.3, 0.4) is 0 Å².